The van der Waals surface area contributed by atoms with Crippen LogP contribution in [0, 0.1) is 0 Å². The number of aromatic nitrogens is 2. The zero-order valence-corrected chi connectivity index (χ0v) is 28.1. The summed E-state index contributed by atoms with van der Waals surface area (Å²) in [4.78, 5) is 57.2. The van der Waals surface area contributed by atoms with Crippen molar-refractivity contribution in [3.8, 4) is 0 Å². The summed E-state index contributed by atoms with van der Waals surface area (Å²) in [5.41, 5.74) is 4.54. The second kappa shape index (κ2) is 17.6. The van der Waals surface area contributed by atoms with Gasteiger partial charge in [-0.2, -0.15) is 0 Å². The fraction of sp³-hybridized carbons (Fsp3) is 0.389. The van der Waals surface area contributed by atoms with Crippen molar-refractivity contribution in [3.63, 3.8) is 0 Å². The van der Waals surface area contributed by atoms with E-state index in [1.54, 1.807) is 26.2 Å². The van der Waals surface area contributed by atoms with Gasteiger partial charge in [0.05, 0.1) is 22.4 Å². The van der Waals surface area contributed by atoms with E-state index < -0.39 is 0 Å². The quantitative estimate of drug-likeness (QED) is 0.0628. The molecule has 12 nitrogen and oxygen atoms in total. The molecule has 0 aliphatic carbocycles. The Balaban J connectivity index is 1.05. The van der Waals surface area contributed by atoms with Crippen molar-refractivity contribution in [2.24, 2.45) is 0 Å². The Hall–Kier alpha value is -5.26. The average Bonchev–Trinajstić information content (AvgIpc) is 3.06. The molecule has 2 heterocycles. The first-order valence-corrected chi connectivity index (χ1v) is 16.5. The van der Waals surface area contributed by atoms with Crippen molar-refractivity contribution in [3.05, 3.63) is 72.1 Å². The van der Waals surface area contributed by atoms with E-state index in [0.717, 1.165) is 58.9 Å². The number of amides is 4. The molecule has 0 fully saturated rings. The summed E-state index contributed by atoms with van der Waals surface area (Å²) >= 11 is 0. The number of carbonyl (C=O) groups excluding carboxylic acids is 4. The zero-order valence-electron chi connectivity index (χ0n) is 28.1. The number of nitrogens with one attached hydrogen (secondary N) is 6. The van der Waals surface area contributed by atoms with E-state index >= 15 is 0 Å². The van der Waals surface area contributed by atoms with Crippen LogP contribution in [0.2, 0.25) is 0 Å². The molecule has 12 heteroatoms. The highest BCUT2D eigenvalue weighted by Gasteiger charge is 2.13. The molecule has 48 heavy (non-hydrogen) atoms. The van der Waals surface area contributed by atoms with Crippen LogP contribution >= 0.6 is 0 Å². The van der Waals surface area contributed by atoms with Crippen LogP contribution in [0.4, 0.5) is 21.0 Å². The number of fused-ring (bicyclic) bond motifs is 2. The van der Waals surface area contributed by atoms with Crippen LogP contribution in [-0.2, 0) is 0 Å². The maximum Gasteiger partial charge on any atom is 0.314 e. The smallest absolute Gasteiger partial charge is 0.314 e. The number of urea groups is 2. The SMILES string of the molecule is CC(=O)c1cc(NC(C)CCCNC(=O)NCCNC(=O)NCCCC(C)Nc2cc(C(C)=O)cc3cccnc23)c2ncccc2c1. The standard InChI is InChI=1S/C36H46N8O4/c1-23(43-31-21-29(25(3)45)19-27-11-7-13-37-33(27)31)9-5-15-39-35(47)41-17-18-42-36(48)40-16-6-10-24(2)44-32-22-30(26(4)46)20-28-12-8-14-38-34(28)32/h7-8,11-14,19-24,43-44H,5-6,9-10,15-18H2,1-4H3,(H2,39,41,47)(H2,40,42,48). The van der Waals surface area contributed by atoms with Crippen molar-refractivity contribution >= 4 is 56.8 Å². The van der Waals surface area contributed by atoms with Crippen LogP contribution in [0.1, 0.15) is 74.1 Å². The highest BCUT2D eigenvalue weighted by molar-refractivity contribution is 6.03. The second-order valence-corrected chi connectivity index (χ2v) is 12.1. The lowest BCUT2D eigenvalue weighted by molar-refractivity contribution is 0.100. The molecular formula is C36H46N8O4. The molecule has 2 aromatic carbocycles. The lowest BCUT2D eigenvalue weighted by Crippen LogP contribution is -2.43. The van der Waals surface area contributed by atoms with Crippen LogP contribution in [0.25, 0.3) is 21.8 Å². The zero-order chi connectivity index (χ0) is 34.5. The lowest BCUT2D eigenvalue weighted by atomic mass is 10.1. The third-order valence-corrected chi connectivity index (χ3v) is 7.92. The number of ketones is 2. The van der Waals surface area contributed by atoms with E-state index in [1.807, 2.05) is 48.5 Å². The number of nitrogens with zero attached hydrogens (tertiary/aromatic N) is 2. The van der Waals surface area contributed by atoms with Crippen LogP contribution < -0.4 is 31.9 Å². The van der Waals surface area contributed by atoms with E-state index in [-0.39, 0.29) is 35.7 Å². The van der Waals surface area contributed by atoms with Crippen LogP contribution in [0.3, 0.4) is 0 Å². The van der Waals surface area contributed by atoms with E-state index in [0.29, 0.717) is 37.3 Å². The Morgan fingerprint density at radius 2 is 1.00 bits per heavy atom. The first-order valence-electron chi connectivity index (χ1n) is 16.5. The number of benzene rings is 2. The molecule has 4 aromatic rings. The second-order valence-electron chi connectivity index (χ2n) is 12.1. The third kappa shape index (κ3) is 10.6. The molecule has 4 amide bonds. The van der Waals surface area contributed by atoms with Gasteiger partial charge in [0.1, 0.15) is 0 Å². The summed E-state index contributed by atoms with van der Waals surface area (Å²) < 4.78 is 0. The monoisotopic (exact) mass is 654 g/mol. The van der Waals surface area contributed by atoms with Crippen LogP contribution in [-0.4, -0.2) is 71.9 Å². The van der Waals surface area contributed by atoms with Gasteiger partial charge in [0.2, 0.25) is 0 Å². The summed E-state index contributed by atoms with van der Waals surface area (Å²) in [6.45, 7) is 8.81. The molecular weight excluding hydrogens is 608 g/mol. The lowest BCUT2D eigenvalue weighted by Gasteiger charge is -2.18. The highest BCUT2D eigenvalue weighted by Crippen LogP contribution is 2.26. The van der Waals surface area contributed by atoms with E-state index in [9.17, 15) is 19.2 Å². The van der Waals surface area contributed by atoms with Crippen molar-refractivity contribution in [1.82, 2.24) is 31.2 Å². The summed E-state index contributed by atoms with van der Waals surface area (Å²) in [5, 5.41) is 19.9. The molecule has 2 aromatic heterocycles. The fourth-order valence-electron chi connectivity index (χ4n) is 5.38. The Bertz CT molecular complexity index is 1620. The molecule has 0 aliphatic rings. The Labute approximate surface area is 281 Å². The minimum absolute atomic E-state index is 0.000366. The summed E-state index contributed by atoms with van der Waals surface area (Å²) in [5.74, 6) is -0.000732. The topological polar surface area (TPSA) is 166 Å². The summed E-state index contributed by atoms with van der Waals surface area (Å²) in [6.07, 6.45) is 6.58. The molecule has 0 aliphatic heterocycles. The first-order chi connectivity index (χ1) is 23.1. The van der Waals surface area contributed by atoms with Gasteiger partial charge in [-0.1, -0.05) is 12.1 Å². The molecule has 2 atom stereocenters. The number of hydrogen-bond donors (Lipinski definition) is 6. The molecule has 0 radical (unpaired) electrons. The number of Topliss-reactive ketones (excluding diaryl/α,β-unsaturated/α-hetero) is 2. The Morgan fingerprint density at radius 3 is 1.40 bits per heavy atom. The molecule has 4 rings (SSSR count). The van der Waals surface area contributed by atoms with Gasteiger partial charge in [0.15, 0.2) is 11.6 Å². The van der Waals surface area contributed by atoms with Crippen LogP contribution in [0.5, 0.6) is 0 Å². The molecule has 0 spiro atoms. The van der Waals surface area contributed by atoms with Crippen molar-refractivity contribution in [2.75, 3.05) is 36.8 Å². The van der Waals surface area contributed by atoms with E-state index in [2.05, 4.69) is 55.7 Å². The van der Waals surface area contributed by atoms with Gasteiger partial charge in [0.25, 0.3) is 0 Å². The van der Waals surface area contributed by atoms with Gasteiger partial charge in [-0.05, 0) is 89.8 Å². The van der Waals surface area contributed by atoms with Gasteiger partial charge in [-0.15, -0.1) is 0 Å². The number of pyridine rings is 2. The third-order valence-electron chi connectivity index (χ3n) is 7.92. The number of carbonyl (C=O) groups is 4. The summed E-state index contributed by atoms with van der Waals surface area (Å²) in [7, 11) is 0. The molecule has 0 bridgehead atoms. The Kier molecular flexibility index (Phi) is 13.1. The minimum atomic E-state index is -0.291. The van der Waals surface area contributed by atoms with Crippen LogP contribution in [0.15, 0.2) is 60.9 Å². The summed E-state index contributed by atoms with van der Waals surface area (Å²) in [6, 6.07) is 14.6. The van der Waals surface area contributed by atoms with Crippen molar-refractivity contribution in [2.45, 2.75) is 65.5 Å². The molecule has 2 unspecified atom stereocenters. The Morgan fingerprint density at radius 1 is 0.604 bits per heavy atom. The fourth-order valence-corrected chi connectivity index (χ4v) is 5.38. The molecule has 0 saturated heterocycles. The van der Waals surface area contributed by atoms with Gasteiger partial charge in [-0.3, -0.25) is 19.6 Å². The van der Waals surface area contributed by atoms with Gasteiger partial charge in [0, 0.05) is 72.6 Å². The van der Waals surface area contributed by atoms with Crippen molar-refractivity contribution < 1.29 is 19.2 Å². The minimum Gasteiger partial charge on any atom is -0.381 e. The average molecular weight is 655 g/mol. The number of rotatable bonds is 17. The van der Waals surface area contributed by atoms with Gasteiger partial charge < -0.3 is 31.9 Å². The van der Waals surface area contributed by atoms with Gasteiger partial charge in [-0.25, -0.2) is 9.59 Å². The largest absolute Gasteiger partial charge is 0.381 e. The first kappa shape index (κ1) is 35.6. The number of anilines is 2. The maximum absolute atomic E-state index is 12.2. The van der Waals surface area contributed by atoms with E-state index in [1.165, 1.54) is 0 Å². The van der Waals surface area contributed by atoms with E-state index in [4.69, 9.17) is 0 Å². The molecule has 254 valence electrons. The highest BCUT2D eigenvalue weighted by atomic mass is 16.2. The molecule has 6 N–H and O–H groups in total. The predicted octanol–water partition coefficient (Wildman–Crippen LogP) is 5.65. The number of hydrogen-bond acceptors (Lipinski definition) is 8. The maximum atomic E-state index is 12.2. The normalized spacial score (nSPS) is 12.2. The van der Waals surface area contributed by atoms with Gasteiger partial charge >= 0.3 is 12.1 Å². The van der Waals surface area contributed by atoms with Crippen molar-refractivity contribution in [1.29, 1.82) is 0 Å². The predicted molar refractivity (Wildman–Crippen MR) is 191 cm³/mol. The molecule has 0 saturated carbocycles.